The van der Waals surface area contributed by atoms with E-state index in [1.165, 1.54) is 5.57 Å². The van der Waals surface area contributed by atoms with Gasteiger partial charge in [-0.2, -0.15) is 0 Å². The van der Waals surface area contributed by atoms with Gasteiger partial charge in [0, 0.05) is 24.1 Å². The van der Waals surface area contributed by atoms with E-state index in [4.69, 9.17) is 4.74 Å². The number of carboxylic acids is 1. The molecule has 0 radical (unpaired) electrons. The molecular formula is C15H15NO3. The first-order valence-electron chi connectivity index (χ1n) is 6.26. The lowest BCUT2D eigenvalue weighted by Gasteiger charge is -2.14. The first-order valence-corrected chi connectivity index (χ1v) is 6.26. The second-order valence-corrected chi connectivity index (χ2v) is 4.75. The maximum atomic E-state index is 11.2. The predicted octanol–water partition coefficient (Wildman–Crippen LogP) is 2.68. The highest BCUT2D eigenvalue weighted by Gasteiger charge is 2.14. The van der Waals surface area contributed by atoms with Crippen LogP contribution in [-0.2, 0) is 11.8 Å². The summed E-state index contributed by atoms with van der Waals surface area (Å²) in [5, 5.41) is 9.96. The largest absolute Gasteiger partial charge is 0.478 e. The zero-order valence-corrected chi connectivity index (χ0v) is 10.7. The average Bonchev–Trinajstić information content (AvgIpc) is 2.77. The minimum absolute atomic E-state index is 0.352. The molecule has 3 rings (SSSR count). The Bertz CT molecular complexity index is 682. The molecule has 0 amide bonds. The van der Waals surface area contributed by atoms with Crippen LogP contribution in [0.4, 0.5) is 0 Å². The summed E-state index contributed by atoms with van der Waals surface area (Å²) >= 11 is 0. The van der Waals surface area contributed by atoms with Crippen molar-refractivity contribution in [1.29, 1.82) is 0 Å². The summed E-state index contributed by atoms with van der Waals surface area (Å²) in [6.45, 7) is 1.40. The third-order valence-electron chi connectivity index (χ3n) is 3.56. The van der Waals surface area contributed by atoms with Crippen LogP contribution in [0.3, 0.4) is 0 Å². The molecular weight excluding hydrogens is 242 g/mol. The highest BCUT2D eigenvalue weighted by molar-refractivity contribution is 6.04. The normalized spacial score (nSPS) is 15.5. The van der Waals surface area contributed by atoms with E-state index in [1.54, 1.807) is 6.20 Å². The van der Waals surface area contributed by atoms with Crippen molar-refractivity contribution in [2.24, 2.45) is 7.05 Å². The van der Waals surface area contributed by atoms with E-state index < -0.39 is 5.97 Å². The summed E-state index contributed by atoms with van der Waals surface area (Å²) in [5.41, 5.74) is 3.72. The zero-order valence-electron chi connectivity index (χ0n) is 10.7. The fourth-order valence-electron chi connectivity index (χ4n) is 2.54. The number of hydrogen-bond acceptors (Lipinski definition) is 2. The Balaban J connectivity index is 2.13. The topological polar surface area (TPSA) is 51.5 Å². The molecule has 0 bridgehead atoms. The van der Waals surface area contributed by atoms with Crippen molar-refractivity contribution in [3.63, 3.8) is 0 Å². The number of benzene rings is 1. The highest BCUT2D eigenvalue weighted by Crippen LogP contribution is 2.27. The van der Waals surface area contributed by atoms with E-state index in [2.05, 4.69) is 12.1 Å². The summed E-state index contributed by atoms with van der Waals surface area (Å²) in [7, 11) is 1.87. The monoisotopic (exact) mass is 257 g/mol. The average molecular weight is 257 g/mol. The second-order valence-electron chi connectivity index (χ2n) is 4.75. The lowest BCUT2D eigenvalue weighted by molar-refractivity contribution is 0.0699. The molecule has 0 unspecified atom stereocenters. The number of aromatic nitrogens is 1. The van der Waals surface area contributed by atoms with Crippen LogP contribution in [0.5, 0.6) is 0 Å². The van der Waals surface area contributed by atoms with E-state index >= 15 is 0 Å². The smallest absolute Gasteiger partial charge is 0.337 e. The van der Waals surface area contributed by atoms with Crippen molar-refractivity contribution in [3.8, 4) is 0 Å². The van der Waals surface area contributed by atoms with E-state index in [0.717, 1.165) is 29.5 Å². The molecule has 1 aliphatic rings. The van der Waals surface area contributed by atoms with Gasteiger partial charge in [0.2, 0.25) is 0 Å². The zero-order chi connectivity index (χ0) is 13.4. The number of carboxylic acid groups (broad SMARTS) is 1. The van der Waals surface area contributed by atoms with E-state index in [9.17, 15) is 9.90 Å². The minimum Gasteiger partial charge on any atom is -0.478 e. The van der Waals surface area contributed by atoms with Gasteiger partial charge in [0.1, 0.15) is 0 Å². The Morgan fingerprint density at radius 2 is 2.26 bits per heavy atom. The van der Waals surface area contributed by atoms with Crippen LogP contribution in [0, 0.1) is 0 Å². The Morgan fingerprint density at radius 3 is 2.95 bits per heavy atom. The van der Waals surface area contributed by atoms with Gasteiger partial charge in [0.15, 0.2) is 0 Å². The number of fused-ring (bicyclic) bond motifs is 1. The van der Waals surface area contributed by atoms with Crippen LogP contribution in [0.15, 0.2) is 30.5 Å². The van der Waals surface area contributed by atoms with Crippen molar-refractivity contribution in [2.45, 2.75) is 6.42 Å². The molecule has 0 spiro atoms. The standard InChI is InChI=1S/C15H15NO3/c1-16-9-13(15(17)18)12-3-2-11(8-14(12)16)10-4-6-19-7-5-10/h2-4,8-9H,5-7H2,1H3,(H,17,18). The van der Waals surface area contributed by atoms with Crippen molar-refractivity contribution in [3.05, 3.63) is 41.6 Å². The molecule has 0 aliphatic carbocycles. The molecule has 2 aromatic rings. The van der Waals surface area contributed by atoms with E-state index in [-0.39, 0.29) is 0 Å². The summed E-state index contributed by atoms with van der Waals surface area (Å²) in [6.07, 6.45) is 4.66. The highest BCUT2D eigenvalue weighted by atomic mass is 16.5. The van der Waals surface area contributed by atoms with Crippen LogP contribution < -0.4 is 0 Å². The molecule has 1 aromatic carbocycles. The van der Waals surface area contributed by atoms with Crippen molar-refractivity contribution >= 4 is 22.4 Å². The SMILES string of the molecule is Cn1cc(C(=O)O)c2ccc(C3=CCOCC3)cc21. The molecule has 2 heterocycles. The molecule has 0 fully saturated rings. The molecule has 1 aromatic heterocycles. The van der Waals surface area contributed by atoms with Crippen LogP contribution in [-0.4, -0.2) is 28.9 Å². The quantitative estimate of drug-likeness (QED) is 0.899. The molecule has 0 atom stereocenters. The molecule has 4 heteroatoms. The fourth-order valence-corrected chi connectivity index (χ4v) is 2.54. The molecule has 1 N–H and O–H groups in total. The van der Waals surface area contributed by atoms with Gasteiger partial charge in [-0.1, -0.05) is 18.2 Å². The van der Waals surface area contributed by atoms with Crippen LogP contribution >= 0.6 is 0 Å². The van der Waals surface area contributed by atoms with Crippen LogP contribution in [0.25, 0.3) is 16.5 Å². The summed E-state index contributed by atoms with van der Waals surface area (Å²) in [4.78, 5) is 11.2. The second kappa shape index (κ2) is 4.55. The molecule has 4 nitrogen and oxygen atoms in total. The first-order chi connectivity index (χ1) is 9.16. The van der Waals surface area contributed by atoms with Crippen LogP contribution in [0.1, 0.15) is 22.3 Å². The lowest BCUT2D eigenvalue weighted by Crippen LogP contribution is -2.03. The third kappa shape index (κ3) is 2.04. The molecule has 0 saturated carbocycles. The van der Waals surface area contributed by atoms with Crippen molar-refractivity contribution in [1.82, 2.24) is 4.57 Å². The Labute approximate surface area is 110 Å². The molecule has 1 aliphatic heterocycles. The van der Waals surface area contributed by atoms with Crippen molar-refractivity contribution in [2.75, 3.05) is 13.2 Å². The van der Waals surface area contributed by atoms with Gasteiger partial charge in [0.25, 0.3) is 0 Å². The number of nitrogens with zero attached hydrogens (tertiary/aromatic N) is 1. The van der Waals surface area contributed by atoms with E-state index in [0.29, 0.717) is 12.2 Å². The maximum absolute atomic E-state index is 11.2. The van der Waals surface area contributed by atoms with Gasteiger partial charge in [-0.3, -0.25) is 0 Å². The third-order valence-corrected chi connectivity index (χ3v) is 3.56. The number of aromatic carboxylic acids is 1. The fraction of sp³-hybridized carbons (Fsp3) is 0.267. The Morgan fingerprint density at radius 1 is 1.42 bits per heavy atom. The first kappa shape index (κ1) is 12.0. The van der Waals surface area contributed by atoms with Gasteiger partial charge in [-0.25, -0.2) is 4.79 Å². The summed E-state index contributed by atoms with van der Waals surface area (Å²) in [5.74, 6) is -0.886. The molecule has 98 valence electrons. The number of ether oxygens (including phenoxy) is 1. The van der Waals surface area contributed by atoms with Gasteiger partial charge >= 0.3 is 5.97 Å². The predicted molar refractivity (Wildman–Crippen MR) is 73.3 cm³/mol. The van der Waals surface area contributed by atoms with Gasteiger partial charge in [-0.05, 0) is 23.6 Å². The maximum Gasteiger partial charge on any atom is 0.337 e. The van der Waals surface area contributed by atoms with Crippen LogP contribution in [0.2, 0.25) is 0 Å². The van der Waals surface area contributed by atoms with Gasteiger partial charge in [0.05, 0.1) is 18.8 Å². The Kier molecular flexibility index (Phi) is 2.87. The number of carbonyl (C=O) groups is 1. The number of aryl methyl sites for hydroxylation is 1. The summed E-state index contributed by atoms with van der Waals surface area (Å²) < 4.78 is 7.17. The summed E-state index contributed by atoms with van der Waals surface area (Å²) in [6, 6.07) is 5.94. The molecule has 19 heavy (non-hydrogen) atoms. The van der Waals surface area contributed by atoms with Gasteiger partial charge < -0.3 is 14.4 Å². The molecule has 0 saturated heterocycles. The van der Waals surface area contributed by atoms with Gasteiger partial charge in [-0.15, -0.1) is 0 Å². The minimum atomic E-state index is -0.886. The number of rotatable bonds is 2. The number of hydrogen-bond donors (Lipinski definition) is 1. The Hall–Kier alpha value is -2.07. The van der Waals surface area contributed by atoms with E-state index in [1.807, 2.05) is 23.7 Å². The van der Waals surface area contributed by atoms with Crippen molar-refractivity contribution < 1.29 is 14.6 Å². The lowest BCUT2D eigenvalue weighted by atomic mass is 10.00.